The Labute approximate surface area is 159 Å². The van der Waals surface area contributed by atoms with Crippen molar-refractivity contribution in [3.63, 3.8) is 0 Å². The van der Waals surface area contributed by atoms with Crippen LogP contribution in [-0.4, -0.2) is 14.9 Å². The number of nitrogens with zero attached hydrogens (tertiary/aromatic N) is 2. The summed E-state index contributed by atoms with van der Waals surface area (Å²) in [7, 11) is 0. The van der Waals surface area contributed by atoms with Crippen molar-refractivity contribution in [1.29, 1.82) is 0 Å². The molecule has 0 unspecified atom stereocenters. The van der Waals surface area contributed by atoms with E-state index in [9.17, 15) is 0 Å². The lowest BCUT2D eigenvalue weighted by molar-refractivity contribution is 0.687. The standard InChI is InChI=1S/C17H14BrClN4S/c18-13-9-20-23(11-13)10-12-3-1-5-15(7-12)21-17(24)22-16-6-2-4-14(19)8-16/h1-9,11H,10H2,(H2,21,22,24). The molecule has 122 valence electrons. The van der Waals surface area contributed by atoms with Gasteiger partial charge in [0, 0.05) is 22.6 Å². The van der Waals surface area contributed by atoms with Gasteiger partial charge in [0.15, 0.2) is 5.11 Å². The average Bonchev–Trinajstić information content (AvgIpc) is 2.92. The van der Waals surface area contributed by atoms with E-state index >= 15 is 0 Å². The van der Waals surface area contributed by atoms with Gasteiger partial charge in [-0.2, -0.15) is 5.10 Å². The molecular weight excluding hydrogens is 408 g/mol. The summed E-state index contributed by atoms with van der Waals surface area (Å²) in [4.78, 5) is 0. The molecule has 0 spiro atoms. The maximum Gasteiger partial charge on any atom is 0.175 e. The molecule has 0 fully saturated rings. The van der Waals surface area contributed by atoms with Gasteiger partial charge in [-0.15, -0.1) is 0 Å². The van der Waals surface area contributed by atoms with Crippen molar-refractivity contribution in [3.05, 3.63) is 76.0 Å². The number of rotatable bonds is 4. The Morgan fingerprint density at radius 2 is 1.83 bits per heavy atom. The van der Waals surface area contributed by atoms with Gasteiger partial charge < -0.3 is 10.6 Å². The maximum absolute atomic E-state index is 5.97. The normalized spacial score (nSPS) is 10.4. The highest BCUT2D eigenvalue weighted by Gasteiger charge is 2.02. The largest absolute Gasteiger partial charge is 0.332 e. The molecule has 0 atom stereocenters. The first-order valence-corrected chi connectivity index (χ1v) is 8.77. The van der Waals surface area contributed by atoms with Crippen LogP contribution in [0.2, 0.25) is 5.02 Å². The predicted molar refractivity (Wildman–Crippen MR) is 107 cm³/mol. The van der Waals surface area contributed by atoms with Crippen LogP contribution in [0.4, 0.5) is 11.4 Å². The number of thiocarbonyl (C=S) groups is 1. The number of aromatic nitrogens is 2. The number of benzene rings is 2. The van der Waals surface area contributed by atoms with E-state index in [-0.39, 0.29) is 0 Å². The quantitative estimate of drug-likeness (QED) is 0.571. The Balaban J connectivity index is 1.64. The number of anilines is 2. The Kier molecular flexibility index (Phi) is 5.50. The van der Waals surface area contributed by atoms with Gasteiger partial charge in [0.1, 0.15) is 0 Å². The second-order valence-corrected chi connectivity index (χ2v) is 6.91. The van der Waals surface area contributed by atoms with E-state index in [2.05, 4.69) is 31.7 Å². The molecule has 0 aliphatic heterocycles. The molecule has 0 saturated carbocycles. The minimum atomic E-state index is 0.510. The van der Waals surface area contributed by atoms with Crippen LogP contribution in [0.1, 0.15) is 5.56 Å². The summed E-state index contributed by atoms with van der Waals surface area (Å²) in [6.45, 7) is 0.690. The first kappa shape index (κ1) is 17.0. The molecule has 4 nitrogen and oxygen atoms in total. The fourth-order valence-corrected chi connectivity index (χ4v) is 2.97. The van der Waals surface area contributed by atoms with Crippen LogP contribution < -0.4 is 10.6 Å². The molecule has 24 heavy (non-hydrogen) atoms. The lowest BCUT2D eigenvalue weighted by Crippen LogP contribution is -2.19. The molecule has 2 aromatic carbocycles. The zero-order chi connectivity index (χ0) is 16.9. The number of hydrogen-bond donors (Lipinski definition) is 2. The molecule has 1 heterocycles. The van der Waals surface area contributed by atoms with E-state index in [1.807, 2.05) is 59.4 Å². The molecule has 7 heteroatoms. The fourth-order valence-electron chi connectivity index (χ4n) is 2.22. The fraction of sp³-hybridized carbons (Fsp3) is 0.0588. The third-order valence-electron chi connectivity index (χ3n) is 3.21. The van der Waals surface area contributed by atoms with Gasteiger partial charge in [-0.25, -0.2) is 0 Å². The molecule has 3 aromatic rings. The van der Waals surface area contributed by atoms with Gasteiger partial charge in [-0.1, -0.05) is 29.8 Å². The summed E-state index contributed by atoms with van der Waals surface area (Å²) in [6, 6.07) is 15.5. The molecule has 0 saturated heterocycles. The zero-order valence-electron chi connectivity index (χ0n) is 12.5. The van der Waals surface area contributed by atoms with E-state index in [0.29, 0.717) is 16.7 Å². The van der Waals surface area contributed by atoms with E-state index in [1.54, 1.807) is 6.20 Å². The van der Waals surface area contributed by atoms with Crippen molar-refractivity contribution in [2.24, 2.45) is 0 Å². The predicted octanol–water partition coefficient (Wildman–Crippen LogP) is 5.16. The van der Waals surface area contributed by atoms with Crippen molar-refractivity contribution in [2.45, 2.75) is 6.54 Å². The first-order valence-electron chi connectivity index (χ1n) is 7.19. The lowest BCUT2D eigenvalue weighted by atomic mass is 10.2. The Hall–Kier alpha value is -1.89. The van der Waals surface area contributed by atoms with Gasteiger partial charge >= 0.3 is 0 Å². The number of hydrogen-bond acceptors (Lipinski definition) is 2. The second-order valence-electron chi connectivity index (χ2n) is 5.15. The molecule has 3 rings (SSSR count). The van der Waals surface area contributed by atoms with E-state index in [4.69, 9.17) is 23.8 Å². The van der Waals surface area contributed by atoms with Gasteiger partial charge in [0.05, 0.1) is 17.2 Å². The van der Waals surface area contributed by atoms with Gasteiger partial charge in [-0.05, 0) is 64.0 Å². The molecule has 0 radical (unpaired) electrons. The van der Waals surface area contributed by atoms with Crippen LogP contribution in [0.25, 0.3) is 0 Å². The van der Waals surface area contributed by atoms with Crippen LogP contribution in [0, 0.1) is 0 Å². The van der Waals surface area contributed by atoms with Gasteiger partial charge in [0.25, 0.3) is 0 Å². The van der Waals surface area contributed by atoms with Crippen molar-refractivity contribution in [1.82, 2.24) is 9.78 Å². The van der Waals surface area contributed by atoms with Crippen molar-refractivity contribution < 1.29 is 0 Å². The summed E-state index contributed by atoms with van der Waals surface area (Å²) in [5, 5.41) is 11.7. The van der Waals surface area contributed by atoms with Crippen molar-refractivity contribution in [2.75, 3.05) is 10.6 Å². The third-order valence-corrected chi connectivity index (χ3v) is 4.06. The van der Waals surface area contributed by atoms with Crippen LogP contribution >= 0.6 is 39.7 Å². The minimum absolute atomic E-state index is 0.510. The monoisotopic (exact) mass is 420 g/mol. The molecular formula is C17H14BrClN4S. The van der Waals surface area contributed by atoms with Crippen molar-refractivity contribution >= 4 is 56.2 Å². The smallest absolute Gasteiger partial charge is 0.175 e. The third kappa shape index (κ3) is 4.80. The van der Waals surface area contributed by atoms with Crippen LogP contribution in [0.3, 0.4) is 0 Å². The molecule has 2 N–H and O–H groups in total. The Bertz CT molecular complexity index is 865. The molecule has 1 aromatic heterocycles. The molecule has 0 aliphatic rings. The molecule has 0 bridgehead atoms. The van der Waals surface area contributed by atoms with Crippen LogP contribution in [0.15, 0.2) is 65.4 Å². The van der Waals surface area contributed by atoms with E-state index in [1.165, 1.54) is 0 Å². The number of nitrogens with one attached hydrogen (secondary N) is 2. The topological polar surface area (TPSA) is 41.9 Å². The van der Waals surface area contributed by atoms with Gasteiger partial charge in [-0.3, -0.25) is 4.68 Å². The van der Waals surface area contributed by atoms with Crippen LogP contribution in [-0.2, 0) is 6.54 Å². The Morgan fingerprint density at radius 3 is 2.50 bits per heavy atom. The summed E-state index contributed by atoms with van der Waals surface area (Å²) in [5.74, 6) is 0. The summed E-state index contributed by atoms with van der Waals surface area (Å²) >= 11 is 14.7. The highest BCUT2D eigenvalue weighted by molar-refractivity contribution is 9.10. The molecule has 0 amide bonds. The average molecular weight is 422 g/mol. The highest BCUT2D eigenvalue weighted by Crippen LogP contribution is 2.17. The summed E-state index contributed by atoms with van der Waals surface area (Å²) in [5.41, 5.74) is 2.89. The Morgan fingerprint density at radius 1 is 1.12 bits per heavy atom. The van der Waals surface area contributed by atoms with E-state index in [0.717, 1.165) is 21.4 Å². The summed E-state index contributed by atoms with van der Waals surface area (Å²) < 4.78 is 2.83. The lowest BCUT2D eigenvalue weighted by Gasteiger charge is -2.12. The molecule has 0 aliphatic carbocycles. The SMILES string of the molecule is S=C(Nc1cccc(Cl)c1)Nc1cccc(Cn2cc(Br)cn2)c1. The minimum Gasteiger partial charge on any atom is -0.332 e. The zero-order valence-corrected chi connectivity index (χ0v) is 15.7. The second kappa shape index (κ2) is 7.79. The van der Waals surface area contributed by atoms with Crippen molar-refractivity contribution in [3.8, 4) is 0 Å². The van der Waals surface area contributed by atoms with E-state index < -0.39 is 0 Å². The highest BCUT2D eigenvalue weighted by atomic mass is 79.9. The number of halogens is 2. The summed E-state index contributed by atoms with van der Waals surface area (Å²) in [6.07, 6.45) is 3.71. The van der Waals surface area contributed by atoms with Gasteiger partial charge in [0.2, 0.25) is 0 Å². The maximum atomic E-state index is 5.97. The first-order chi connectivity index (χ1) is 11.6. The van der Waals surface area contributed by atoms with Crippen LogP contribution in [0.5, 0.6) is 0 Å².